The molecule has 3 N–H and O–H groups in total. The first kappa shape index (κ1) is 21.8. The number of aliphatic hydroxyl groups is 1. The van der Waals surface area contributed by atoms with Gasteiger partial charge < -0.3 is 15.7 Å². The van der Waals surface area contributed by atoms with Crippen molar-refractivity contribution in [3.63, 3.8) is 0 Å². The van der Waals surface area contributed by atoms with Crippen LogP contribution in [-0.2, 0) is 21.7 Å². The van der Waals surface area contributed by atoms with Gasteiger partial charge in [0.05, 0.1) is 6.42 Å². The zero-order chi connectivity index (χ0) is 20.8. The second kappa shape index (κ2) is 9.11. The van der Waals surface area contributed by atoms with Crippen LogP contribution in [0.2, 0.25) is 0 Å². The van der Waals surface area contributed by atoms with Gasteiger partial charge in [-0.3, -0.25) is 14.6 Å². The Labute approximate surface area is 163 Å². The number of pyridine rings is 1. The summed E-state index contributed by atoms with van der Waals surface area (Å²) >= 11 is 0.629. The third-order valence-electron chi connectivity index (χ3n) is 3.77. The maximum atomic E-state index is 13.3. The van der Waals surface area contributed by atoms with Gasteiger partial charge in [0.1, 0.15) is 5.01 Å². The average molecular weight is 416 g/mol. The number of amides is 2. The Morgan fingerprint density at radius 2 is 1.86 bits per heavy atom. The minimum Gasteiger partial charge on any atom is -0.374 e. The number of halogens is 3. The van der Waals surface area contributed by atoms with Gasteiger partial charge in [-0.1, -0.05) is 0 Å². The lowest BCUT2D eigenvalue weighted by Crippen LogP contribution is -2.46. The molecule has 0 aromatic carbocycles. The molecule has 0 bridgehead atoms. The molecule has 7 nitrogen and oxygen atoms in total. The zero-order valence-electron chi connectivity index (χ0n) is 14.9. The molecule has 0 spiro atoms. The highest BCUT2D eigenvalue weighted by Gasteiger charge is 2.58. The zero-order valence-corrected chi connectivity index (χ0v) is 15.7. The number of aromatic nitrogens is 2. The molecule has 0 aliphatic rings. The summed E-state index contributed by atoms with van der Waals surface area (Å²) in [7, 11) is 0. The van der Waals surface area contributed by atoms with Crippen LogP contribution in [0.25, 0.3) is 0 Å². The number of hydrogen-bond acceptors (Lipinski definition) is 6. The average Bonchev–Trinajstić information content (AvgIpc) is 3.07. The molecule has 0 aliphatic carbocycles. The van der Waals surface area contributed by atoms with Gasteiger partial charge >= 0.3 is 6.18 Å². The number of hydrogen-bond donors (Lipinski definition) is 3. The summed E-state index contributed by atoms with van der Waals surface area (Å²) in [5, 5.41) is 15.7. The van der Waals surface area contributed by atoms with Crippen LogP contribution in [0.5, 0.6) is 0 Å². The maximum absolute atomic E-state index is 13.3. The summed E-state index contributed by atoms with van der Waals surface area (Å²) in [6.45, 7) is 1.60. The molecule has 1 unspecified atom stereocenters. The Balaban J connectivity index is 1.84. The van der Waals surface area contributed by atoms with Crippen LogP contribution >= 0.6 is 11.3 Å². The predicted molar refractivity (Wildman–Crippen MR) is 95.1 cm³/mol. The van der Waals surface area contributed by atoms with Gasteiger partial charge in [0.25, 0.3) is 0 Å². The van der Waals surface area contributed by atoms with E-state index in [4.69, 9.17) is 0 Å². The summed E-state index contributed by atoms with van der Waals surface area (Å²) in [5.74, 6) is -1.41. The monoisotopic (exact) mass is 416 g/mol. The predicted octanol–water partition coefficient (Wildman–Crippen LogP) is 1.81. The highest BCUT2D eigenvalue weighted by Crippen LogP contribution is 2.42. The fraction of sp³-hybridized carbons (Fsp3) is 0.412. The smallest absolute Gasteiger partial charge is 0.374 e. The van der Waals surface area contributed by atoms with E-state index in [0.29, 0.717) is 17.0 Å². The van der Waals surface area contributed by atoms with Crippen molar-refractivity contribution < 1.29 is 27.9 Å². The normalized spacial score (nSPS) is 13.6. The van der Waals surface area contributed by atoms with Crippen LogP contribution in [-0.4, -0.2) is 39.6 Å². The fourth-order valence-electron chi connectivity index (χ4n) is 2.24. The number of carbonyl (C=O) groups excluding carboxylic acids is 2. The first-order valence-corrected chi connectivity index (χ1v) is 9.14. The van der Waals surface area contributed by atoms with Crippen molar-refractivity contribution in [2.45, 2.75) is 38.1 Å². The van der Waals surface area contributed by atoms with Gasteiger partial charge in [0, 0.05) is 43.0 Å². The molecule has 152 valence electrons. The van der Waals surface area contributed by atoms with Crippen molar-refractivity contribution >= 4 is 23.2 Å². The van der Waals surface area contributed by atoms with Crippen LogP contribution in [0.3, 0.4) is 0 Å². The molecule has 0 saturated heterocycles. The molecule has 28 heavy (non-hydrogen) atoms. The first-order chi connectivity index (χ1) is 13.1. The molecule has 0 saturated carbocycles. The van der Waals surface area contributed by atoms with E-state index < -0.39 is 29.1 Å². The lowest BCUT2D eigenvalue weighted by molar-refractivity contribution is -0.267. The Morgan fingerprint density at radius 1 is 1.18 bits per heavy atom. The number of aryl methyl sites for hydroxylation is 1. The second-order valence-electron chi connectivity index (χ2n) is 6.06. The van der Waals surface area contributed by atoms with E-state index in [2.05, 4.69) is 20.6 Å². The molecule has 2 amide bonds. The molecule has 0 radical (unpaired) electrons. The SMILES string of the molecule is Cc1csc(C(O)(CC(=O)NCCC(=O)NCc2ccncc2)C(F)(F)F)n1. The summed E-state index contributed by atoms with van der Waals surface area (Å²) in [5.41, 5.74) is -2.23. The fourth-order valence-corrected chi connectivity index (χ4v) is 3.16. The molecule has 11 heteroatoms. The molecular weight excluding hydrogens is 397 g/mol. The molecule has 0 aliphatic heterocycles. The number of alkyl halides is 3. The van der Waals surface area contributed by atoms with Crippen molar-refractivity contribution in [2.75, 3.05) is 6.54 Å². The summed E-state index contributed by atoms with van der Waals surface area (Å²) < 4.78 is 40.0. The molecule has 2 rings (SSSR count). The van der Waals surface area contributed by atoms with E-state index in [0.717, 1.165) is 5.56 Å². The van der Waals surface area contributed by atoms with E-state index in [1.54, 1.807) is 24.5 Å². The molecule has 1 atom stereocenters. The summed E-state index contributed by atoms with van der Waals surface area (Å²) in [4.78, 5) is 31.2. The quantitative estimate of drug-likeness (QED) is 0.609. The third-order valence-corrected chi connectivity index (χ3v) is 4.88. The van der Waals surface area contributed by atoms with Gasteiger partial charge in [0.15, 0.2) is 0 Å². The highest BCUT2D eigenvalue weighted by molar-refractivity contribution is 7.09. The van der Waals surface area contributed by atoms with Gasteiger partial charge in [-0.15, -0.1) is 11.3 Å². The molecule has 2 aromatic rings. The van der Waals surface area contributed by atoms with Crippen molar-refractivity contribution in [1.82, 2.24) is 20.6 Å². The van der Waals surface area contributed by atoms with Gasteiger partial charge in [-0.05, 0) is 24.6 Å². The Hall–Kier alpha value is -2.53. The number of thiazole rings is 1. The van der Waals surface area contributed by atoms with Gasteiger partial charge in [0.2, 0.25) is 17.4 Å². The Bertz CT molecular complexity index is 813. The van der Waals surface area contributed by atoms with Crippen molar-refractivity contribution in [1.29, 1.82) is 0 Å². The van der Waals surface area contributed by atoms with Crippen LogP contribution in [0, 0.1) is 6.92 Å². The van der Waals surface area contributed by atoms with Crippen molar-refractivity contribution in [2.24, 2.45) is 0 Å². The Kier molecular flexibility index (Phi) is 7.08. The summed E-state index contributed by atoms with van der Waals surface area (Å²) in [6, 6.07) is 3.45. The number of rotatable bonds is 8. The van der Waals surface area contributed by atoms with Crippen LogP contribution in [0.15, 0.2) is 29.9 Å². The minimum atomic E-state index is -5.07. The van der Waals surface area contributed by atoms with Crippen LogP contribution < -0.4 is 10.6 Å². The van der Waals surface area contributed by atoms with Crippen LogP contribution in [0.4, 0.5) is 13.2 Å². The van der Waals surface area contributed by atoms with E-state index in [9.17, 15) is 27.9 Å². The molecule has 2 aromatic heterocycles. The number of nitrogens with zero attached hydrogens (tertiary/aromatic N) is 2. The topological polar surface area (TPSA) is 104 Å². The minimum absolute atomic E-state index is 0.113. The number of nitrogens with one attached hydrogen (secondary N) is 2. The first-order valence-electron chi connectivity index (χ1n) is 8.26. The lowest BCUT2D eigenvalue weighted by Gasteiger charge is -2.27. The molecular formula is C17H19F3N4O3S. The van der Waals surface area contributed by atoms with E-state index >= 15 is 0 Å². The third kappa shape index (κ3) is 5.73. The second-order valence-corrected chi connectivity index (χ2v) is 6.92. The van der Waals surface area contributed by atoms with E-state index in [1.807, 2.05) is 0 Å². The van der Waals surface area contributed by atoms with Gasteiger partial charge in [-0.2, -0.15) is 13.2 Å². The van der Waals surface area contributed by atoms with Crippen molar-refractivity contribution in [3.8, 4) is 0 Å². The van der Waals surface area contributed by atoms with E-state index in [-0.39, 0.29) is 25.4 Å². The lowest BCUT2D eigenvalue weighted by atomic mass is 9.99. The Morgan fingerprint density at radius 3 is 2.43 bits per heavy atom. The van der Waals surface area contributed by atoms with Crippen molar-refractivity contribution in [3.05, 3.63) is 46.2 Å². The van der Waals surface area contributed by atoms with E-state index in [1.165, 1.54) is 12.3 Å². The molecule has 2 heterocycles. The van der Waals surface area contributed by atoms with Gasteiger partial charge in [-0.25, -0.2) is 4.98 Å². The van der Waals surface area contributed by atoms with Crippen LogP contribution in [0.1, 0.15) is 29.1 Å². The highest BCUT2D eigenvalue weighted by atomic mass is 32.1. The largest absolute Gasteiger partial charge is 0.424 e. The maximum Gasteiger partial charge on any atom is 0.424 e. The molecule has 0 fully saturated rings. The standard InChI is InChI=1S/C17H19F3N4O3S/c1-11-10-28-15(24-11)16(27,17(18,19)20)8-14(26)22-7-4-13(25)23-9-12-2-5-21-6-3-12/h2-3,5-6,10,27H,4,7-9H2,1H3,(H,22,26)(H,23,25). The summed E-state index contributed by atoms with van der Waals surface area (Å²) in [6.07, 6.45) is -3.27. The number of carbonyl (C=O) groups is 2.